The van der Waals surface area contributed by atoms with Gasteiger partial charge in [-0.05, 0) is 73.3 Å². The van der Waals surface area contributed by atoms with Crippen molar-refractivity contribution in [2.24, 2.45) is 0 Å². The van der Waals surface area contributed by atoms with Crippen LogP contribution in [-0.2, 0) is 21.5 Å². The third-order valence-electron chi connectivity index (χ3n) is 5.67. The highest BCUT2D eigenvalue weighted by Crippen LogP contribution is 2.38. The smallest absolute Gasteiger partial charge is 0.407 e. The van der Waals surface area contributed by atoms with E-state index in [0.29, 0.717) is 5.82 Å². The van der Waals surface area contributed by atoms with Gasteiger partial charge in [0.25, 0.3) is 0 Å². The zero-order valence-corrected chi connectivity index (χ0v) is 20.9. The number of carbonyl (C=O) groups is 2. The summed E-state index contributed by atoms with van der Waals surface area (Å²) >= 11 is 0. The first kappa shape index (κ1) is 24.8. The summed E-state index contributed by atoms with van der Waals surface area (Å²) in [6.07, 6.45) is 5.85. The van der Waals surface area contributed by atoms with Crippen LogP contribution in [0.2, 0.25) is 0 Å². The van der Waals surface area contributed by atoms with Crippen LogP contribution in [0.3, 0.4) is 0 Å². The molecular formula is C24H38N6O3. The SMILES string of the molecule is CC(C)NC(=O)O[C@@H]1CC[C@H](c2cc(NC(=O)Cc3cnn(C(C)C)c3)nn2C(C)(C)C)C1. The zero-order valence-electron chi connectivity index (χ0n) is 20.9. The number of rotatable bonds is 7. The van der Waals surface area contributed by atoms with E-state index in [1.165, 1.54) is 0 Å². The van der Waals surface area contributed by atoms with Crippen LogP contribution >= 0.6 is 0 Å². The summed E-state index contributed by atoms with van der Waals surface area (Å²) in [5.74, 6) is 0.632. The maximum absolute atomic E-state index is 12.7. The Morgan fingerprint density at radius 2 is 1.94 bits per heavy atom. The average molecular weight is 459 g/mol. The third kappa shape index (κ3) is 6.58. The fraction of sp³-hybridized carbons (Fsp3) is 0.667. The number of anilines is 1. The Labute approximate surface area is 196 Å². The molecule has 2 heterocycles. The van der Waals surface area contributed by atoms with Gasteiger partial charge in [0.15, 0.2) is 5.82 Å². The third-order valence-corrected chi connectivity index (χ3v) is 5.67. The van der Waals surface area contributed by atoms with Gasteiger partial charge in [-0.2, -0.15) is 10.2 Å². The average Bonchev–Trinajstić information content (AvgIpc) is 3.39. The van der Waals surface area contributed by atoms with Gasteiger partial charge in [0.2, 0.25) is 5.91 Å². The molecule has 2 aromatic rings. The van der Waals surface area contributed by atoms with Crippen molar-refractivity contribution in [2.45, 2.75) is 104 Å². The summed E-state index contributed by atoms with van der Waals surface area (Å²) in [5.41, 5.74) is 1.68. The topological polar surface area (TPSA) is 103 Å². The molecule has 0 spiro atoms. The molecule has 2 amide bonds. The lowest BCUT2D eigenvalue weighted by atomic mass is 10.0. The number of nitrogens with zero attached hydrogens (tertiary/aromatic N) is 4. The largest absolute Gasteiger partial charge is 0.446 e. The van der Waals surface area contributed by atoms with Crippen molar-refractivity contribution in [2.75, 3.05) is 5.32 Å². The summed E-state index contributed by atoms with van der Waals surface area (Å²) in [6.45, 7) is 14.2. The summed E-state index contributed by atoms with van der Waals surface area (Å²) in [7, 11) is 0. The van der Waals surface area contributed by atoms with Crippen LogP contribution in [0.5, 0.6) is 0 Å². The molecule has 0 unspecified atom stereocenters. The van der Waals surface area contributed by atoms with Gasteiger partial charge in [-0.15, -0.1) is 0 Å². The highest BCUT2D eigenvalue weighted by atomic mass is 16.6. The van der Waals surface area contributed by atoms with E-state index in [9.17, 15) is 9.59 Å². The van der Waals surface area contributed by atoms with Crippen molar-refractivity contribution >= 4 is 17.8 Å². The lowest BCUT2D eigenvalue weighted by Gasteiger charge is -2.24. The minimum Gasteiger partial charge on any atom is -0.446 e. The number of aromatic nitrogens is 4. The molecule has 0 aromatic carbocycles. The number of hydrogen-bond donors (Lipinski definition) is 2. The van der Waals surface area contributed by atoms with Gasteiger partial charge in [-0.25, -0.2) is 4.79 Å². The molecule has 9 heteroatoms. The van der Waals surface area contributed by atoms with Gasteiger partial charge in [0, 0.05) is 36.0 Å². The number of amides is 2. The Morgan fingerprint density at radius 3 is 2.55 bits per heavy atom. The maximum atomic E-state index is 12.7. The second-order valence-electron chi connectivity index (χ2n) is 10.5. The molecule has 0 bridgehead atoms. The van der Waals surface area contributed by atoms with Crippen LogP contribution in [0.25, 0.3) is 0 Å². The summed E-state index contributed by atoms with van der Waals surface area (Å²) < 4.78 is 9.43. The van der Waals surface area contributed by atoms with E-state index in [0.717, 1.165) is 30.5 Å². The van der Waals surface area contributed by atoms with Crippen LogP contribution in [-0.4, -0.2) is 43.7 Å². The molecule has 0 radical (unpaired) electrons. The molecule has 0 saturated heterocycles. The van der Waals surface area contributed by atoms with Crippen LogP contribution in [0.15, 0.2) is 18.5 Å². The summed E-state index contributed by atoms with van der Waals surface area (Å²) in [4.78, 5) is 24.6. The van der Waals surface area contributed by atoms with Gasteiger partial charge in [-0.1, -0.05) is 0 Å². The first-order chi connectivity index (χ1) is 15.4. The van der Waals surface area contributed by atoms with Crippen molar-refractivity contribution in [1.29, 1.82) is 0 Å². The van der Waals surface area contributed by atoms with E-state index in [4.69, 9.17) is 9.84 Å². The lowest BCUT2D eigenvalue weighted by molar-refractivity contribution is -0.115. The fourth-order valence-electron chi connectivity index (χ4n) is 4.15. The minimum absolute atomic E-state index is 0.0444. The summed E-state index contributed by atoms with van der Waals surface area (Å²) in [5, 5.41) is 14.7. The fourth-order valence-corrected chi connectivity index (χ4v) is 4.15. The molecule has 182 valence electrons. The van der Waals surface area contributed by atoms with Gasteiger partial charge in [-0.3, -0.25) is 14.2 Å². The van der Waals surface area contributed by atoms with Crippen molar-refractivity contribution in [1.82, 2.24) is 24.9 Å². The second kappa shape index (κ2) is 9.97. The Bertz CT molecular complexity index is 969. The standard InChI is InChI=1S/C24H38N6O3/c1-15(2)26-23(32)33-19-9-8-18(11-19)20-12-21(28-30(20)24(5,6)7)27-22(31)10-17-13-25-29(14-17)16(3)4/h12-16,18-19H,8-11H2,1-7H3,(H,26,32)(H,27,28,31)/t18-,19+/m0/s1. The molecule has 2 N–H and O–H groups in total. The zero-order chi connectivity index (χ0) is 24.3. The maximum Gasteiger partial charge on any atom is 0.407 e. The molecule has 3 rings (SSSR count). The first-order valence-electron chi connectivity index (χ1n) is 11.8. The Morgan fingerprint density at radius 1 is 1.21 bits per heavy atom. The molecule has 0 aliphatic heterocycles. The van der Waals surface area contributed by atoms with Crippen LogP contribution in [0, 0.1) is 0 Å². The highest BCUT2D eigenvalue weighted by Gasteiger charge is 2.33. The van der Waals surface area contributed by atoms with Gasteiger partial charge in [0.05, 0.1) is 18.2 Å². The Kier molecular flexibility index (Phi) is 7.49. The van der Waals surface area contributed by atoms with Crippen LogP contribution < -0.4 is 10.6 Å². The van der Waals surface area contributed by atoms with Crippen molar-refractivity contribution in [3.05, 3.63) is 29.7 Å². The van der Waals surface area contributed by atoms with E-state index < -0.39 is 0 Å². The van der Waals surface area contributed by atoms with Crippen LogP contribution in [0.4, 0.5) is 10.6 Å². The summed E-state index contributed by atoms with van der Waals surface area (Å²) in [6, 6.07) is 2.26. The van der Waals surface area contributed by atoms with Gasteiger partial charge >= 0.3 is 6.09 Å². The van der Waals surface area contributed by atoms with Gasteiger partial charge < -0.3 is 15.4 Å². The molecule has 33 heavy (non-hydrogen) atoms. The molecule has 2 aromatic heterocycles. The molecule has 2 atom stereocenters. The highest BCUT2D eigenvalue weighted by molar-refractivity contribution is 5.91. The van der Waals surface area contributed by atoms with E-state index in [1.807, 2.05) is 49.3 Å². The lowest BCUT2D eigenvalue weighted by Crippen LogP contribution is -2.33. The number of carbonyl (C=O) groups excluding carboxylic acids is 2. The number of alkyl carbamates (subject to hydrolysis) is 1. The van der Waals surface area contributed by atoms with E-state index in [-0.39, 0.29) is 48.1 Å². The number of hydrogen-bond acceptors (Lipinski definition) is 5. The van der Waals surface area contributed by atoms with E-state index in [1.54, 1.807) is 6.20 Å². The van der Waals surface area contributed by atoms with Crippen LogP contribution in [0.1, 0.15) is 90.9 Å². The van der Waals surface area contributed by atoms with Crippen molar-refractivity contribution in [3.8, 4) is 0 Å². The predicted octanol–water partition coefficient (Wildman–Crippen LogP) is 4.37. The predicted molar refractivity (Wildman–Crippen MR) is 127 cm³/mol. The monoisotopic (exact) mass is 458 g/mol. The molecular weight excluding hydrogens is 420 g/mol. The second-order valence-corrected chi connectivity index (χ2v) is 10.5. The van der Waals surface area contributed by atoms with Gasteiger partial charge in [0.1, 0.15) is 6.10 Å². The molecule has 1 aliphatic rings. The number of ether oxygens (including phenoxy) is 1. The normalized spacial score (nSPS) is 18.7. The molecule has 9 nitrogen and oxygen atoms in total. The molecule has 1 aliphatic carbocycles. The van der Waals surface area contributed by atoms with E-state index in [2.05, 4.69) is 36.5 Å². The first-order valence-corrected chi connectivity index (χ1v) is 11.8. The quantitative estimate of drug-likeness (QED) is 0.641. The Hall–Kier alpha value is -2.84. The number of nitrogens with one attached hydrogen (secondary N) is 2. The minimum atomic E-state index is -0.367. The molecule has 1 saturated carbocycles. The Balaban J connectivity index is 1.68. The van der Waals surface area contributed by atoms with E-state index >= 15 is 0 Å². The van der Waals surface area contributed by atoms with Crippen molar-refractivity contribution in [3.63, 3.8) is 0 Å². The van der Waals surface area contributed by atoms with Crippen molar-refractivity contribution < 1.29 is 14.3 Å². The molecule has 1 fully saturated rings.